The van der Waals surface area contributed by atoms with Crippen molar-refractivity contribution in [3.8, 4) is 5.75 Å². The fourth-order valence-electron chi connectivity index (χ4n) is 2.21. The molecule has 0 unspecified atom stereocenters. The molecule has 0 atom stereocenters. The number of carbonyl (C=O) groups is 2. The molecule has 0 heterocycles. The Balaban J connectivity index is 1.95. The van der Waals surface area contributed by atoms with Crippen LogP contribution < -0.4 is 10.1 Å². The van der Waals surface area contributed by atoms with E-state index in [1.807, 2.05) is 19.1 Å². The summed E-state index contributed by atoms with van der Waals surface area (Å²) >= 11 is 3.41. The molecule has 5 nitrogen and oxygen atoms in total. The van der Waals surface area contributed by atoms with Gasteiger partial charge >= 0.3 is 5.97 Å². The standard InChI is InChI=1S/C20H20BrNO4/c1-4-25-20(24)14-5-8-16(9-6-14)22-19(23)12-26-18-10-7-15(21)11-17(18)13(2)3/h5-11H,2,4,12H2,1,3H3,(H,22,23). The normalized spacial score (nSPS) is 10.1. The molecular formula is C20H20BrNO4. The Hall–Kier alpha value is -2.60. The molecule has 6 heteroatoms. The van der Waals surface area contributed by atoms with Gasteiger partial charge in [-0.1, -0.05) is 22.5 Å². The molecule has 0 aliphatic rings. The van der Waals surface area contributed by atoms with Gasteiger partial charge in [0.05, 0.1) is 12.2 Å². The lowest BCUT2D eigenvalue weighted by Gasteiger charge is -2.12. The first-order valence-electron chi connectivity index (χ1n) is 8.06. The molecule has 2 aromatic rings. The number of ether oxygens (including phenoxy) is 2. The molecule has 0 aliphatic heterocycles. The van der Waals surface area contributed by atoms with E-state index in [-0.39, 0.29) is 12.5 Å². The summed E-state index contributed by atoms with van der Waals surface area (Å²) in [4.78, 5) is 23.7. The van der Waals surface area contributed by atoms with E-state index < -0.39 is 5.97 Å². The van der Waals surface area contributed by atoms with Gasteiger partial charge in [-0.15, -0.1) is 0 Å². The van der Waals surface area contributed by atoms with E-state index >= 15 is 0 Å². The zero-order chi connectivity index (χ0) is 19.1. The van der Waals surface area contributed by atoms with Crippen LogP contribution in [0.3, 0.4) is 0 Å². The summed E-state index contributed by atoms with van der Waals surface area (Å²) in [6, 6.07) is 12.0. The number of esters is 1. The molecule has 0 spiro atoms. The number of halogens is 1. The van der Waals surface area contributed by atoms with Gasteiger partial charge in [0.2, 0.25) is 0 Å². The van der Waals surface area contributed by atoms with E-state index in [4.69, 9.17) is 9.47 Å². The third kappa shape index (κ3) is 5.46. The zero-order valence-corrected chi connectivity index (χ0v) is 16.3. The molecule has 136 valence electrons. The van der Waals surface area contributed by atoms with Gasteiger partial charge in [-0.25, -0.2) is 4.79 Å². The maximum Gasteiger partial charge on any atom is 0.338 e. The fourth-order valence-corrected chi connectivity index (χ4v) is 2.57. The quantitative estimate of drug-likeness (QED) is 0.664. The first-order chi connectivity index (χ1) is 12.4. The van der Waals surface area contributed by atoms with Crippen LogP contribution in [0.15, 0.2) is 53.5 Å². The number of benzene rings is 2. The second kappa shape index (κ2) is 9.20. The van der Waals surface area contributed by atoms with Crippen LogP contribution in [0.25, 0.3) is 5.57 Å². The minimum atomic E-state index is -0.392. The second-order valence-corrected chi connectivity index (χ2v) is 6.47. The molecule has 0 aromatic heterocycles. The monoisotopic (exact) mass is 417 g/mol. The van der Waals surface area contributed by atoms with Gasteiger partial charge in [-0.3, -0.25) is 4.79 Å². The van der Waals surface area contributed by atoms with Crippen LogP contribution >= 0.6 is 15.9 Å². The van der Waals surface area contributed by atoms with Crippen LogP contribution in [0, 0.1) is 0 Å². The van der Waals surface area contributed by atoms with Gasteiger partial charge in [0.15, 0.2) is 6.61 Å². The average molecular weight is 418 g/mol. The van der Waals surface area contributed by atoms with E-state index in [2.05, 4.69) is 27.8 Å². The first-order valence-corrected chi connectivity index (χ1v) is 8.85. The number of amides is 1. The fraction of sp³-hybridized carbons (Fsp3) is 0.200. The van der Waals surface area contributed by atoms with Crippen LogP contribution in [0.4, 0.5) is 5.69 Å². The summed E-state index contributed by atoms with van der Waals surface area (Å²) in [5.41, 5.74) is 2.69. The number of hydrogen-bond donors (Lipinski definition) is 1. The van der Waals surface area contributed by atoms with Crippen molar-refractivity contribution in [2.24, 2.45) is 0 Å². The van der Waals surface area contributed by atoms with Crippen molar-refractivity contribution < 1.29 is 19.1 Å². The van der Waals surface area contributed by atoms with E-state index in [0.29, 0.717) is 23.6 Å². The Labute approximate surface area is 161 Å². The van der Waals surface area contributed by atoms with Gasteiger partial charge in [0.1, 0.15) is 5.75 Å². The van der Waals surface area contributed by atoms with E-state index in [1.54, 1.807) is 37.3 Å². The molecule has 0 radical (unpaired) electrons. The van der Waals surface area contributed by atoms with Crippen molar-refractivity contribution in [1.29, 1.82) is 0 Å². The van der Waals surface area contributed by atoms with Crippen molar-refractivity contribution in [2.45, 2.75) is 13.8 Å². The summed E-state index contributed by atoms with van der Waals surface area (Å²) < 4.78 is 11.4. The molecule has 2 rings (SSSR count). The molecule has 1 amide bonds. The number of nitrogens with one attached hydrogen (secondary N) is 1. The Bertz CT molecular complexity index is 815. The van der Waals surface area contributed by atoms with Gasteiger partial charge in [0.25, 0.3) is 5.91 Å². The van der Waals surface area contributed by atoms with Crippen molar-refractivity contribution in [2.75, 3.05) is 18.5 Å². The number of hydrogen-bond acceptors (Lipinski definition) is 4. The van der Waals surface area contributed by atoms with E-state index in [1.165, 1.54) is 0 Å². The average Bonchev–Trinajstić information content (AvgIpc) is 2.61. The molecule has 0 fully saturated rings. The van der Waals surface area contributed by atoms with Crippen molar-refractivity contribution in [3.05, 3.63) is 64.6 Å². The highest BCUT2D eigenvalue weighted by atomic mass is 79.9. The number of anilines is 1. The van der Waals surface area contributed by atoms with Crippen LogP contribution in [0.2, 0.25) is 0 Å². The lowest BCUT2D eigenvalue weighted by Crippen LogP contribution is -2.20. The lowest BCUT2D eigenvalue weighted by atomic mass is 10.1. The van der Waals surface area contributed by atoms with Gasteiger partial charge in [-0.2, -0.15) is 0 Å². The minimum Gasteiger partial charge on any atom is -0.483 e. The van der Waals surface area contributed by atoms with E-state index in [0.717, 1.165) is 15.6 Å². The Kier molecular flexibility index (Phi) is 6.97. The maximum absolute atomic E-state index is 12.1. The number of rotatable bonds is 7. The molecule has 0 bridgehead atoms. The summed E-state index contributed by atoms with van der Waals surface area (Å²) in [5, 5.41) is 2.72. The molecule has 0 aliphatic carbocycles. The number of carbonyl (C=O) groups excluding carboxylic acids is 2. The third-order valence-corrected chi connectivity index (χ3v) is 3.93. The highest BCUT2D eigenvalue weighted by Crippen LogP contribution is 2.28. The van der Waals surface area contributed by atoms with Crippen LogP contribution in [0.1, 0.15) is 29.8 Å². The molecule has 0 saturated heterocycles. The highest BCUT2D eigenvalue weighted by molar-refractivity contribution is 9.10. The predicted molar refractivity (Wildman–Crippen MR) is 105 cm³/mol. The molecule has 2 aromatic carbocycles. The van der Waals surface area contributed by atoms with Crippen LogP contribution in [0.5, 0.6) is 5.75 Å². The van der Waals surface area contributed by atoms with Crippen molar-refractivity contribution >= 4 is 39.1 Å². The summed E-state index contributed by atoms with van der Waals surface area (Å²) in [7, 11) is 0. The van der Waals surface area contributed by atoms with E-state index in [9.17, 15) is 9.59 Å². The second-order valence-electron chi connectivity index (χ2n) is 5.56. The van der Waals surface area contributed by atoms with Gasteiger partial charge in [-0.05, 0) is 61.9 Å². The molecule has 26 heavy (non-hydrogen) atoms. The van der Waals surface area contributed by atoms with Crippen molar-refractivity contribution in [1.82, 2.24) is 0 Å². The molecule has 0 saturated carbocycles. The molecule has 1 N–H and O–H groups in total. The Morgan fingerprint density at radius 1 is 1.15 bits per heavy atom. The zero-order valence-electron chi connectivity index (χ0n) is 14.7. The van der Waals surface area contributed by atoms with Crippen LogP contribution in [-0.4, -0.2) is 25.1 Å². The molecular weight excluding hydrogens is 398 g/mol. The third-order valence-electron chi connectivity index (χ3n) is 3.44. The largest absolute Gasteiger partial charge is 0.483 e. The lowest BCUT2D eigenvalue weighted by molar-refractivity contribution is -0.118. The smallest absolute Gasteiger partial charge is 0.338 e. The Morgan fingerprint density at radius 2 is 1.85 bits per heavy atom. The van der Waals surface area contributed by atoms with Gasteiger partial charge in [0, 0.05) is 15.7 Å². The van der Waals surface area contributed by atoms with Gasteiger partial charge < -0.3 is 14.8 Å². The predicted octanol–water partition coefficient (Wildman–Crippen LogP) is 4.68. The first kappa shape index (κ1) is 19.7. The summed E-state index contributed by atoms with van der Waals surface area (Å²) in [6.45, 7) is 7.72. The topological polar surface area (TPSA) is 64.6 Å². The highest BCUT2D eigenvalue weighted by Gasteiger charge is 2.10. The number of allylic oxidation sites excluding steroid dienone is 1. The minimum absolute atomic E-state index is 0.137. The van der Waals surface area contributed by atoms with Crippen molar-refractivity contribution in [3.63, 3.8) is 0 Å². The summed E-state index contributed by atoms with van der Waals surface area (Å²) in [5.74, 6) is -0.103. The summed E-state index contributed by atoms with van der Waals surface area (Å²) in [6.07, 6.45) is 0. The maximum atomic E-state index is 12.1. The SMILES string of the molecule is C=C(C)c1cc(Br)ccc1OCC(=O)Nc1ccc(C(=O)OCC)cc1. The van der Waals surface area contributed by atoms with Crippen LogP contribution in [-0.2, 0) is 9.53 Å². The Morgan fingerprint density at radius 3 is 2.46 bits per heavy atom.